The van der Waals surface area contributed by atoms with Crippen LogP contribution in [-0.2, 0) is 0 Å². The van der Waals surface area contributed by atoms with Crippen molar-refractivity contribution in [1.29, 1.82) is 0 Å². The van der Waals surface area contributed by atoms with Crippen LogP contribution >= 0.6 is 15.9 Å². The molecular formula is C12H15BrO. The van der Waals surface area contributed by atoms with Gasteiger partial charge in [0, 0.05) is 5.33 Å². The summed E-state index contributed by atoms with van der Waals surface area (Å²) in [6, 6.07) is 4.22. The van der Waals surface area contributed by atoms with Crippen molar-refractivity contribution in [1.82, 2.24) is 0 Å². The maximum atomic E-state index is 5.25. The van der Waals surface area contributed by atoms with Crippen LogP contribution in [0, 0.1) is 13.8 Å². The van der Waals surface area contributed by atoms with Gasteiger partial charge in [-0.15, -0.1) is 0 Å². The third kappa shape index (κ3) is 2.61. The van der Waals surface area contributed by atoms with E-state index in [0.717, 1.165) is 11.1 Å². The summed E-state index contributed by atoms with van der Waals surface area (Å²) < 4.78 is 5.25. The molecular weight excluding hydrogens is 240 g/mol. The highest BCUT2D eigenvalue weighted by atomic mass is 79.9. The van der Waals surface area contributed by atoms with E-state index in [9.17, 15) is 0 Å². The second-order valence-corrected chi connectivity index (χ2v) is 3.88. The van der Waals surface area contributed by atoms with Crippen LogP contribution < -0.4 is 4.74 Å². The highest BCUT2D eigenvalue weighted by molar-refractivity contribution is 9.09. The summed E-state index contributed by atoms with van der Waals surface area (Å²) >= 11 is 3.37. The Hall–Kier alpha value is -0.760. The zero-order valence-corrected chi connectivity index (χ0v) is 10.4. The first kappa shape index (κ1) is 11.3. The van der Waals surface area contributed by atoms with Crippen LogP contribution in [0.5, 0.6) is 5.75 Å². The third-order valence-corrected chi connectivity index (χ3v) is 2.54. The van der Waals surface area contributed by atoms with E-state index in [4.69, 9.17) is 4.74 Å². The molecule has 0 unspecified atom stereocenters. The molecule has 0 fully saturated rings. The van der Waals surface area contributed by atoms with Crippen molar-refractivity contribution in [3.8, 4) is 5.75 Å². The maximum Gasteiger partial charge on any atom is 0.122 e. The van der Waals surface area contributed by atoms with E-state index >= 15 is 0 Å². The van der Waals surface area contributed by atoms with Gasteiger partial charge in [0.1, 0.15) is 5.75 Å². The quantitative estimate of drug-likeness (QED) is 0.748. The first-order valence-corrected chi connectivity index (χ1v) is 5.69. The molecule has 1 nitrogen and oxygen atoms in total. The number of hydrogen-bond donors (Lipinski definition) is 0. The number of hydrogen-bond acceptors (Lipinski definition) is 1. The number of rotatable bonds is 3. The Kier molecular flexibility index (Phi) is 4.21. The highest BCUT2D eigenvalue weighted by Gasteiger charge is 2.01. The molecule has 0 aliphatic carbocycles. The van der Waals surface area contributed by atoms with E-state index in [1.54, 1.807) is 7.11 Å². The smallest absolute Gasteiger partial charge is 0.122 e. The average molecular weight is 255 g/mol. The SMILES string of the molecule is COc1cc(C)c(C=CCBr)cc1C. The number of ether oxygens (including phenoxy) is 1. The van der Waals surface area contributed by atoms with Gasteiger partial charge in [0.2, 0.25) is 0 Å². The van der Waals surface area contributed by atoms with Gasteiger partial charge in [-0.2, -0.15) is 0 Å². The van der Waals surface area contributed by atoms with Gasteiger partial charge in [-0.1, -0.05) is 28.1 Å². The average Bonchev–Trinajstić information content (AvgIpc) is 2.18. The fraction of sp³-hybridized carbons (Fsp3) is 0.333. The summed E-state index contributed by atoms with van der Waals surface area (Å²) in [5, 5.41) is 0.886. The zero-order valence-electron chi connectivity index (χ0n) is 8.80. The minimum absolute atomic E-state index is 0.886. The predicted molar refractivity (Wildman–Crippen MR) is 65.3 cm³/mol. The van der Waals surface area contributed by atoms with E-state index in [2.05, 4.69) is 54.1 Å². The molecule has 0 heterocycles. The van der Waals surface area contributed by atoms with Crippen LogP contribution in [0.25, 0.3) is 6.08 Å². The third-order valence-electron chi connectivity index (χ3n) is 2.17. The number of halogens is 1. The molecule has 0 aromatic heterocycles. The largest absolute Gasteiger partial charge is 0.496 e. The maximum absolute atomic E-state index is 5.25. The zero-order chi connectivity index (χ0) is 10.6. The van der Waals surface area contributed by atoms with Gasteiger partial charge in [-0.3, -0.25) is 0 Å². The Morgan fingerprint density at radius 1 is 1.29 bits per heavy atom. The number of methoxy groups -OCH3 is 1. The molecule has 0 bridgehead atoms. The van der Waals surface area contributed by atoms with Crippen molar-refractivity contribution in [2.75, 3.05) is 12.4 Å². The molecule has 0 amide bonds. The molecule has 0 aliphatic heterocycles. The lowest BCUT2D eigenvalue weighted by Gasteiger charge is -2.08. The monoisotopic (exact) mass is 254 g/mol. The van der Waals surface area contributed by atoms with Crippen LogP contribution in [0.4, 0.5) is 0 Å². The Morgan fingerprint density at radius 3 is 2.57 bits per heavy atom. The van der Waals surface area contributed by atoms with Gasteiger partial charge >= 0.3 is 0 Å². The Balaban J connectivity index is 3.08. The minimum Gasteiger partial charge on any atom is -0.496 e. The van der Waals surface area contributed by atoms with Crippen molar-refractivity contribution in [3.63, 3.8) is 0 Å². The number of alkyl halides is 1. The van der Waals surface area contributed by atoms with Gasteiger partial charge in [-0.25, -0.2) is 0 Å². The van der Waals surface area contributed by atoms with Crippen molar-refractivity contribution in [2.45, 2.75) is 13.8 Å². The van der Waals surface area contributed by atoms with Gasteiger partial charge in [0.25, 0.3) is 0 Å². The molecule has 0 saturated heterocycles. The lowest BCUT2D eigenvalue weighted by molar-refractivity contribution is 0.411. The normalized spacial score (nSPS) is 10.9. The molecule has 0 spiro atoms. The van der Waals surface area contributed by atoms with E-state index < -0.39 is 0 Å². The van der Waals surface area contributed by atoms with Gasteiger partial charge in [0.15, 0.2) is 0 Å². The summed E-state index contributed by atoms with van der Waals surface area (Å²) in [7, 11) is 1.70. The van der Waals surface area contributed by atoms with Crippen LogP contribution in [0.2, 0.25) is 0 Å². The van der Waals surface area contributed by atoms with Crippen LogP contribution in [0.15, 0.2) is 18.2 Å². The van der Waals surface area contributed by atoms with Crippen molar-refractivity contribution in [2.24, 2.45) is 0 Å². The molecule has 0 atom stereocenters. The first-order chi connectivity index (χ1) is 6.69. The van der Waals surface area contributed by atoms with Gasteiger partial charge in [-0.05, 0) is 42.7 Å². The van der Waals surface area contributed by atoms with E-state index in [-0.39, 0.29) is 0 Å². The second-order valence-electron chi connectivity index (χ2n) is 3.24. The molecule has 1 aromatic carbocycles. The number of benzene rings is 1. The van der Waals surface area contributed by atoms with Crippen molar-refractivity contribution < 1.29 is 4.74 Å². The Labute approximate surface area is 93.9 Å². The Bertz CT molecular complexity index is 342. The molecule has 14 heavy (non-hydrogen) atoms. The molecule has 2 heteroatoms. The van der Waals surface area contributed by atoms with Gasteiger partial charge < -0.3 is 4.74 Å². The minimum atomic E-state index is 0.886. The fourth-order valence-electron chi connectivity index (χ4n) is 1.38. The molecule has 1 rings (SSSR count). The summed E-state index contributed by atoms with van der Waals surface area (Å²) in [5.74, 6) is 0.957. The number of allylic oxidation sites excluding steroid dienone is 1. The molecule has 0 radical (unpaired) electrons. The standard InChI is InChI=1S/C12H15BrO/c1-9-8-12(14-3)10(2)7-11(9)5-4-6-13/h4-5,7-8H,6H2,1-3H3. The summed E-state index contributed by atoms with van der Waals surface area (Å²) in [5.41, 5.74) is 3.67. The number of aryl methyl sites for hydroxylation is 2. The fourth-order valence-corrected chi connectivity index (χ4v) is 1.57. The molecule has 0 aliphatic rings. The summed E-state index contributed by atoms with van der Waals surface area (Å²) in [6.45, 7) is 4.15. The second kappa shape index (κ2) is 5.20. The van der Waals surface area contributed by atoms with Crippen molar-refractivity contribution in [3.05, 3.63) is 34.9 Å². The molecule has 0 saturated carbocycles. The van der Waals surface area contributed by atoms with Gasteiger partial charge in [0.05, 0.1) is 7.11 Å². The highest BCUT2D eigenvalue weighted by Crippen LogP contribution is 2.23. The summed E-state index contributed by atoms with van der Waals surface area (Å²) in [6.07, 6.45) is 4.21. The molecule has 1 aromatic rings. The van der Waals surface area contributed by atoms with Crippen molar-refractivity contribution >= 4 is 22.0 Å². The van der Waals surface area contributed by atoms with Crippen LogP contribution in [0.3, 0.4) is 0 Å². The van der Waals surface area contributed by atoms with E-state index in [1.165, 1.54) is 16.7 Å². The van der Waals surface area contributed by atoms with E-state index in [1.807, 2.05) is 0 Å². The first-order valence-electron chi connectivity index (χ1n) is 4.56. The lowest BCUT2D eigenvalue weighted by atomic mass is 10.0. The molecule has 76 valence electrons. The molecule has 0 N–H and O–H groups in total. The Morgan fingerprint density at radius 2 is 2.00 bits per heavy atom. The predicted octanol–water partition coefficient (Wildman–Crippen LogP) is 3.72. The van der Waals surface area contributed by atoms with E-state index in [0.29, 0.717) is 0 Å². The summed E-state index contributed by atoms with van der Waals surface area (Å²) in [4.78, 5) is 0. The lowest BCUT2D eigenvalue weighted by Crippen LogP contribution is -1.90. The van der Waals surface area contributed by atoms with Crippen LogP contribution in [-0.4, -0.2) is 12.4 Å². The van der Waals surface area contributed by atoms with Crippen LogP contribution in [0.1, 0.15) is 16.7 Å². The topological polar surface area (TPSA) is 9.23 Å².